The summed E-state index contributed by atoms with van der Waals surface area (Å²) < 4.78 is 88.6. The summed E-state index contributed by atoms with van der Waals surface area (Å²) in [6, 6.07) is 1.32. The average molecular weight is 595 g/mol. The van der Waals surface area contributed by atoms with Gasteiger partial charge in [0.1, 0.15) is 30.0 Å². The van der Waals surface area contributed by atoms with Gasteiger partial charge in [0.25, 0.3) is 0 Å². The zero-order valence-electron chi connectivity index (χ0n) is 20.8. The maximum atomic E-state index is 14.5. The van der Waals surface area contributed by atoms with Crippen molar-refractivity contribution < 1.29 is 46.4 Å². The second-order valence-electron chi connectivity index (χ2n) is 9.57. The number of benzene rings is 1. The van der Waals surface area contributed by atoms with E-state index >= 15 is 0 Å². The van der Waals surface area contributed by atoms with Crippen molar-refractivity contribution >= 4 is 11.6 Å². The summed E-state index contributed by atoms with van der Waals surface area (Å²) in [4.78, 5) is 0. The molecule has 218 valence electrons. The number of hydrogen-bond donors (Lipinski definition) is 2. The third kappa shape index (κ3) is 4.86. The van der Waals surface area contributed by atoms with Crippen molar-refractivity contribution in [3.63, 3.8) is 0 Å². The Bertz CT molecular complexity index is 1350. The number of methoxy groups -OCH3 is 1. The quantitative estimate of drug-likeness (QED) is 0.312. The summed E-state index contributed by atoms with van der Waals surface area (Å²) in [6.07, 6.45) is -7.15. The summed E-state index contributed by atoms with van der Waals surface area (Å²) in [5.41, 5.74) is -2.53. The molecule has 0 spiro atoms. The highest BCUT2D eigenvalue weighted by Gasteiger charge is 2.59. The number of aromatic nitrogens is 6. The number of ether oxygens (including phenoxy) is 3. The molecule has 2 N–H and O–H groups in total. The lowest BCUT2D eigenvalue weighted by Gasteiger charge is -2.43. The van der Waals surface area contributed by atoms with Crippen LogP contribution in [0.2, 0.25) is 5.02 Å². The highest BCUT2D eigenvalue weighted by molar-refractivity contribution is 6.30. The smallest absolute Gasteiger partial charge is 0.394 e. The first-order valence-electron chi connectivity index (χ1n) is 12.1. The van der Waals surface area contributed by atoms with Gasteiger partial charge in [0.15, 0.2) is 17.2 Å². The number of nitrogens with zero attached hydrogens (tertiary/aromatic N) is 6. The number of halogens is 6. The second kappa shape index (κ2) is 10.9. The zero-order valence-corrected chi connectivity index (χ0v) is 21.6. The summed E-state index contributed by atoms with van der Waals surface area (Å²) in [6.45, 7) is -1.31. The highest BCUT2D eigenvalue weighted by Crippen LogP contribution is 2.43. The lowest BCUT2D eigenvalue weighted by molar-refractivity contribution is -0.217. The molecule has 4 heterocycles. The topological polar surface area (TPSA) is 130 Å². The van der Waals surface area contributed by atoms with E-state index in [2.05, 4.69) is 20.6 Å². The van der Waals surface area contributed by atoms with Crippen LogP contribution in [-0.2, 0) is 26.2 Å². The van der Waals surface area contributed by atoms with Crippen LogP contribution in [0.5, 0.6) is 0 Å². The van der Waals surface area contributed by atoms with E-state index in [1.807, 2.05) is 0 Å². The minimum atomic E-state index is -4.64. The molecule has 40 heavy (non-hydrogen) atoms. The van der Waals surface area contributed by atoms with Crippen molar-refractivity contribution in [2.75, 3.05) is 26.9 Å². The van der Waals surface area contributed by atoms with Crippen LogP contribution in [0.15, 0.2) is 24.5 Å². The molecule has 5 rings (SSSR count). The minimum absolute atomic E-state index is 0.0714. The van der Waals surface area contributed by atoms with Crippen molar-refractivity contribution in [2.45, 2.75) is 55.0 Å². The number of aliphatic hydroxyl groups is 2. The molecular formula is C23H24ClF5N6O5. The first kappa shape index (κ1) is 28.8. The molecular weight excluding hydrogens is 571 g/mol. The van der Waals surface area contributed by atoms with Crippen LogP contribution in [0.4, 0.5) is 22.0 Å². The molecule has 1 aromatic carbocycles. The monoisotopic (exact) mass is 594 g/mol. The molecule has 2 aliphatic heterocycles. The molecule has 11 nitrogen and oxygen atoms in total. The van der Waals surface area contributed by atoms with Gasteiger partial charge < -0.3 is 24.4 Å². The van der Waals surface area contributed by atoms with Gasteiger partial charge in [0.05, 0.1) is 36.2 Å². The SMILES string of the molecule is CO[C@@H]1[C@@H](n2cc(-c3ccc(Cl)c(F)c3F)nn2)[C@@H](O)[C@@H](CO)O[C@@H]1Cc1cn([C@]2(C(F)(F)F)CCOC2)nn1. The molecule has 2 aliphatic rings. The summed E-state index contributed by atoms with van der Waals surface area (Å²) >= 11 is 5.62. The second-order valence-corrected chi connectivity index (χ2v) is 9.98. The molecule has 3 aromatic rings. The summed E-state index contributed by atoms with van der Waals surface area (Å²) in [5.74, 6) is -2.51. The number of hydrogen-bond acceptors (Lipinski definition) is 9. The Morgan fingerprint density at radius 2 is 1.93 bits per heavy atom. The van der Waals surface area contributed by atoms with E-state index < -0.39 is 72.0 Å². The van der Waals surface area contributed by atoms with Gasteiger partial charge in [0, 0.05) is 38.3 Å². The number of aliphatic hydroxyl groups excluding tert-OH is 2. The summed E-state index contributed by atoms with van der Waals surface area (Å²) in [5, 5.41) is 35.9. The van der Waals surface area contributed by atoms with Crippen molar-refractivity contribution in [3.8, 4) is 11.3 Å². The van der Waals surface area contributed by atoms with Crippen LogP contribution in [0.3, 0.4) is 0 Å². The Labute approximate surface area is 228 Å². The molecule has 2 fully saturated rings. The van der Waals surface area contributed by atoms with Crippen LogP contribution in [0.1, 0.15) is 18.2 Å². The van der Waals surface area contributed by atoms with Gasteiger partial charge in [-0.3, -0.25) is 0 Å². The fourth-order valence-corrected chi connectivity index (χ4v) is 5.24. The van der Waals surface area contributed by atoms with Gasteiger partial charge in [-0.2, -0.15) is 13.2 Å². The van der Waals surface area contributed by atoms with Gasteiger partial charge in [-0.25, -0.2) is 18.1 Å². The maximum absolute atomic E-state index is 14.5. The molecule has 0 radical (unpaired) electrons. The third-order valence-electron chi connectivity index (χ3n) is 7.28. The average Bonchev–Trinajstić information content (AvgIpc) is 3.69. The van der Waals surface area contributed by atoms with Crippen molar-refractivity contribution in [1.82, 2.24) is 30.0 Å². The zero-order chi connectivity index (χ0) is 28.8. The van der Waals surface area contributed by atoms with E-state index in [1.54, 1.807) is 0 Å². The molecule has 0 amide bonds. The van der Waals surface area contributed by atoms with Gasteiger partial charge in [-0.1, -0.05) is 22.0 Å². The van der Waals surface area contributed by atoms with E-state index in [0.717, 1.165) is 16.9 Å². The van der Waals surface area contributed by atoms with Crippen molar-refractivity contribution in [3.05, 3.63) is 46.9 Å². The molecule has 0 saturated carbocycles. The van der Waals surface area contributed by atoms with E-state index in [-0.39, 0.29) is 36.4 Å². The van der Waals surface area contributed by atoms with E-state index in [4.69, 9.17) is 25.8 Å². The first-order valence-corrected chi connectivity index (χ1v) is 12.5. The maximum Gasteiger partial charge on any atom is 0.416 e. The largest absolute Gasteiger partial charge is 0.416 e. The predicted octanol–water partition coefficient (Wildman–Crippen LogP) is 2.07. The Kier molecular flexibility index (Phi) is 7.84. The molecule has 0 unspecified atom stereocenters. The van der Waals surface area contributed by atoms with Gasteiger partial charge in [0.2, 0.25) is 0 Å². The van der Waals surface area contributed by atoms with Gasteiger partial charge in [-0.05, 0) is 12.1 Å². The van der Waals surface area contributed by atoms with Crippen molar-refractivity contribution in [1.29, 1.82) is 0 Å². The van der Waals surface area contributed by atoms with Crippen LogP contribution in [0, 0.1) is 11.6 Å². The normalized spacial score (nSPS) is 29.3. The lowest BCUT2D eigenvalue weighted by Crippen LogP contribution is -2.57. The van der Waals surface area contributed by atoms with E-state index in [1.165, 1.54) is 24.1 Å². The molecule has 6 atom stereocenters. The van der Waals surface area contributed by atoms with Crippen LogP contribution in [-0.4, -0.2) is 97.7 Å². The molecule has 2 aromatic heterocycles. The fourth-order valence-electron chi connectivity index (χ4n) is 5.10. The molecule has 0 aliphatic carbocycles. The highest BCUT2D eigenvalue weighted by atomic mass is 35.5. The fraction of sp³-hybridized carbons (Fsp3) is 0.565. The summed E-state index contributed by atoms with van der Waals surface area (Å²) in [7, 11) is 1.32. The third-order valence-corrected chi connectivity index (χ3v) is 7.57. The lowest BCUT2D eigenvalue weighted by atomic mass is 9.90. The first-order chi connectivity index (χ1) is 19.0. The number of rotatable bonds is 7. The Morgan fingerprint density at radius 1 is 1.15 bits per heavy atom. The predicted molar refractivity (Wildman–Crippen MR) is 125 cm³/mol. The number of alkyl halides is 3. The minimum Gasteiger partial charge on any atom is -0.394 e. The van der Waals surface area contributed by atoms with Gasteiger partial charge in [-0.15, -0.1) is 10.2 Å². The van der Waals surface area contributed by atoms with E-state index in [0.29, 0.717) is 0 Å². The van der Waals surface area contributed by atoms with Crippen LogP contribution < -0.4 is 0 Å². The molecule has 2 saturated heterocycles. The molecule has 17 heteroatoms. The van der Waals surface area contributed by atoms with Crippen molar-refractivity contribution in [2.24, 2.45) is 0 Å². The molecule has 0 bridgehead atoms. The standard InChI is InChI=1S/C23H24ClF5N6O5/c1-38-21-15(6-11-7-35(33-30-11)22(23(27,28)29)4-5-39-10-22)40-16(9-36)20(37)19(21)34-8-14(31-32-34)12-2-3-13(24)18(26)17(12)25/h2-3,7-8,15-16,19-21,36-37H,4-6,9-10H2,1H3/t15-,16-,19+,20+,21+,22-/m1/s1. The van der Waals surface area contributed by atoms with Gasteiger partial charge >= 0.3 is 6.18 Å². The van der Waals surface area contributed by atoms with Crippen LogP contribution in [0.25, 0.3) is 11.3 Å². The Hall–Kier alpha value is -2.76. The Balaban J connectivity index is 1.44. The van der Waals surface area contributed by atoms with Crippen LogP contribution >= 0.6 is 11.6 Å². The Morgan fingerprint density at radius 3 is 2.58 bits per heavy atom. The van der Waals surface area contributed by atoms with E-state index in [9.17, 15) is 32.2 Å².